The Morgan fingerprint density at radius 3 is 2.96 bits per heavy atom. The summed E-state index contributed by atoms with van der Waals surface area (Å²) >= 11 is 0. The van der Waals surface area contributed by atoms with Gasteiger partial charge in [0.1, 0.15) is 0 Å². The van der Waals surface area contributed by atoms with Gasteiger partial charge < -0.3 is 29.5 Å². The maximum absolute atomic E-state index is 12.9. The number of hydrogen-bond acceptors (Lipinski definition) is 6. The number of amides is 1. The number of nitrogens with zero attached hydrogens (tertiary/aromatic N) is 1. The molecule has 2 aliphatic heterocycles. The van der Waals surface area contributed by atoms with E-state index in [9.17, 15) is 4.79 Å². The topological polar surface area (TPSA) is 80.3 Å². The highest BCUT2D eigenvalue weighted by atomic mass is 16.5. The van der Waals surface area contributed by atoms with Crippen LogP contribution in [0, 0.1) is 12.8 Å². The van der Waals surface area contributed by atoms with Gasteiger partial charge in [0, 0.05) is 45.7 Å². The van der Waals surface area contributed by atoms with Crippen molar-refractivity contribution in [3.63, 3.8) is 0 Å². The molecule has 28 heavy (non-hydrogen) atoms. The van der Waals surface area contributed by atoms with Crippen molar-refractivity contribution in [2.75, 3.05) is 53.1 Å². The summed E-state index contributed by atoms with van der Waals surface area (Å²) in [6.45, 7) is 6.53. The van der Waals surface area contributed by atoms with Gasteiger partial charge >= 0.3 is 0 Å². The Morgan fingerprint density at radius 2 is 2.18 bits per heavy atom. The first-order chi connectivity index (χ1) is 13.6. The number of methoxy groups -OCH3 is 1. The molecule has 3 rings (SSSR count). The van der Waals surface area contributed by atoms with Crippen LogP contribution in [0.1, 0.15) is 35.2 Å². The maximum Gasteiger partial charge on any atom is 0.255 e. The summed E-state index contributed by atoms with van der Waals surface area (Å²) in [6, 6.07) is 3.77. The number of hydrogen-bond donors (Lipinski definition) is 2. The molecule has 1 aromatic rings. The van der Waals surface area contributed by atoms with Crippen LogP contribution in [0.25, 0.3) is 0 Å². The summed E-state index contributed by atoms with van der Waals surface area (Å²) in [5.41, 5.74) is 1.51. The van der Waals surface area contributed by atoms with Gasteiger partial charge in [-0.3, -0.25) is 4.79 Å². The zero-order valence-electron chi connectivity index (χ0n) is 16.9. The Kier molecular flexibility index (Phi) is 7.53. The molecule has 2 N–H and O–H groups in total. The number of carbonyl (C=O) groups is 1. The fourth-order valence-corrected chi connectivity index (χ4v) is 3.93. The van der Waals surface area contributed by atoms with E-state index in [1.165, 1.54) is 0 Å². The van der Waals surface area contributed by atoms with Gasteiger partial charge in [0.2, 0.25) is 0 Å². The van der Waals surface area contributed by atoms with Crippen LogP contribution in [0.15, 0.2) is 12.1 Å². The lowest BCUT2D eigenvalue weighted by Crippen LogP contribution is -2.48. The van der Waals surface area contributed by atoms with E-state index in [1.807, 2.05) is 19.1 Å². The number of fused-ring (bicyclic) bond motifs is 1. The molecule has 1 saturated heterocycles. The number of aliphatic hydroxyl groups is 1. The highest BCUT2D eigenvalue weighted by Crippen LogP contribution is 2.34. The highest BCUT2D eigenvalue weighted by molar-refractivity contribution is 5.98. The normalized spacial score (nSPS) is 22.5. The van der Waals surface area contributed by atoms with E-state index in [0.29, 0.717) is 36.8 Å². The van der Waals surface area contributed by atoms with Gasteiger partial charge in [-0.1, -0.05) is 0 Å². The highest BCUT2D eigenvalue weighted by Gasteiger charge is 2.30. The Balaban J connectivity index is 1.62. The monoisotopic (exact) mass is 392 g/mol. The number of rotatable bonds is 7. The van der Waals surface area contributed by atoms with Crippen molar-refractivity contribution in [1.29, 1.82) is 0 Å². The smallest absolute Gasteiger partial charge is 0.255 e. The van der Waals surface area contributed by atoms with E-state index in [0.717, 1.165) is 44.5 Å². The third-order valence-electron chi connectivity index (χ3n) is 5.48. The van der Waals surface area contributed by atoms with Crippen molar-refractivity contribution in [1.82, 2.24) is 10.2 Å². The predicted molar refractivity (Wildman–Crippen MR) is 106 cm³/mol. The molecule has 156 valence electrons. The number of benzene rings is 1. The van der Waals surface area contributed by atoms with Crippen molar-refractivity contribution in [2.45, 2.75) is 32.3 Å². The minimum Gasteiger partial charge on any atom is -0.490 e. The van der Waals surface area contributed by atoms with E-state index in [1.54, 1.807) is 7.11 Å². The molecule has 7 nitrogen and oxygen atoms in total. The third kappa shape index (κ3) is 5.16. The van der Waals surface area contributed by atoms with Crippen LogP contribution >= 0.6 is 0 Å². The molecule has 1 aromatic carbocycles. The van der Waals surface area contributed by atoms with Crippen LogP contribution in [-0.2, 0) is 4.74 Å². The van der Waals surface area contributed by atoms with Gasteiger partial charge in [0.15, 0.2) is 11.5 Å². The molecule has 2 heterocycles. The molecular formula is C21H32N2O5. The standard InChI is InChI=1S/C21H32N2O5/c1-15-11-17(20-18(12-15)27-9-4-10-28-20)21(25)22-13-16-5-7-23(6-3-8-24)14-19(16)26-2/h11-12,16,19,24H,3-10,13-14H2,1-2H3,(H,22,25)/t16-,19+/m0/s1. The Morgan fingerprint density at radius 1 is 1.36 bits per heavy atom. The number of likely N-dealkylation sites (tertiary alicyclic amines) is 1. The Bertz CT molecular complexity index is 666. The number of ether oxygens (including phenoxy) is 3. The van der Waals surface area contributed by atoms with E-state index < -0.39 is 0 Å². The van der Waals surface area contributed by atoms with Crippen LogP contribution in [-0.4, -0.2) is 75.1 Å². The molecule has 0 aromatic heterocycles. The average molecular weight is 392 g/mol. The summed E-state index contributed by atoms with van der Waals surface area (Å²) < 4.78 is 17.2. The van der Waals surface area contributed by atoms with Gasteiger partial charge in [-0.05, 0) is 44.0 Å². The van der Waals surface area contributed by atoms with Crippen molar-refractivity contribution in [3.8, 4) is 11.5 Å². The fraction of sp³-hybridized carbons (Fsp3) is 0.667. The summed E-state index contributed by atoms with van der Waals surface area (Å²) in [6.07, 6.45) is 2.61. The molecule has 0 radical (unpaired) electrons. The van der Waals surface area contributed by atoms with E-state index in [2.05, 4.69) is 10.2 Å². The second-order valence-corrected chi connectivity index (χ2v) is 7.60. The van der Waals surface area contributed by atoms with Crippen molar-refractivity contribution in [2.24, 2.45) is 5.92 Å². The van der Waals surface area contributed by atoms with Gasteiger partial charge in [-0.2, -0.15) is 0 Å². The molecule has 0 bridgehead atoms. The molecule has 1 amide bonds. The van der Waals surface area contributed by atoms with E-state index in [-0.39, 0.29) is 24.5 Å². The van der Waals surface area contributed by atoms with E-state index in [4.69, 9.17) is 19.3 Å². The van der Waals surface area contributed by atoms with Gasteiger partial charge in [-0.15, -0.1) is 0 Å². The Hall–Kier alpha value is -1.83. The summed E-state index contributed by atoms with van der Waals surface area (Å²) in [5.74, 6) is 1.32. The maximum atomic E-state index is 12.9. The molecule has 1 fully saturated rings. The van der Waals surface area contributed by atoms with Crippen molar-refractivity contribution in [3.05, 3.63) is 23.3 Å². The fourth-order valence-electron chi connectivity index (χ4n) is 3.93. The summed E-state index contributed by atoms with van der Waals surface area (Å²) in [5, 5.41) is 12.1. The first-order valence-corrected chi connectivity index (χ1v) is 10.2. The lowest BCUT2D eigenvalue weighted by Gasteiger charge is -2.37. The molecule has 2 aliphatic rings. The number of aryl methyl sites for hydroxylation is 1. The van der Waals surface area contributed by atoms with Crippen LogP contribution < -0.4 is 14.8 Å². The van der Waals surface area contributed by atoms with Crippen LogP contribution in [0.4, 0.5) is 0 Å². The van der Waals surface area contributed by atoms with Crippen LogP contribution in [0.5, 0.6) is 11.5 Å². The van der Waals surface area contributed by atoms with Gasteiger partial charge in [0.25, 0.3) is 5.91 Å². The molecule has 0 aliphatic carbocycles. The first-order valence-electron chi connectivity index (χ1n) is 10.2. The van der Waals surface area contributed by atoms with Gasteiger partial charge in [-0.25, -0.2) is 0 Å². The zero-order valence-corrected chi connectivity index (χ0v) is 16.9. The first kappa shape index (κ1) is 20.9. The van der Waals surface area contributed by atoms with Crippen molar-refractivity contribution < 1.29 is 24.1 Å². The number of piperidine rings is 1. The largest absolute Gasteiger partial charge is 0.490 e. The minimum absolute atomic E-state index is 0.0713. The van der Waals surface area contributed by atoms with Crippen LogP contribution in [0.2, 0.25) is 0 Å². The molecule has 0 saturated carbocycles. The number of nitrogens with one attached hydrogen (secondary N) is 1. The lowest BCUT2D eigenvalue weighted by atomic mass is 9.93. The molecule has 0 unspecified atom stereocenters. The lowest BCUT2D eigenvalue weighted by molar-refractivity contribution is -0.0116. The summed E-state index contributed by atoms with van der Waals surface area (Å²) in [4.78, 5) is 15.2. The second kappa shape index (κ2) is 10.1. The van der Waals surface area contributed by atoms with Gasteiger partial charge in [0.05, 0.1) is 24.9 Å². The minimum atomic E-state index is -0.136. The zero-order chi connectivity index (χ0) is 19.9. The number of carbonyl (C=O) groups excluding carboxylic acids is 1. The predicted octanol–water partition coefficient (Wildman–Crippen LogP) is 1.61. The third-order valence-corrected chi connectivity index (χ3v) is 5.48. The Labute approximate surface area is 166 Å². The molecule has 7 heteroatoms. The second-order valence-electron chi connectivity index (χ2n) is 7.60. The summed E-state index contributed by atoms with van der Waals surface area (Å²) in [7, 11) is 1.72. The van der Waals surface area contributed by atoms with E-state index >= 15 is 0 Å². The quantitative estimate of drug-likeness (QED) is 0.734. The SMILES string of the molecule is CO[C@@H]1CN(CCCO)CC[C@H]1CNC(=O)c1cc(C)cc2c1OCCCO2. The number of aliphatic hydroxyl groups excluding tert-OH is 1. The molecule has 0 spiro atoms. The average Bonchev–Trinajstić information content (AvgIpc) is 2.95. The van der Waals surface area contributed by atoms with Crippen LogP contribution in [0.3, 0.4) is 0 Å². The molecular weight excluding hydrogens is 360 g/mol. The molecule has 2 atom stereocenters. The van der Waals surface area contributed by atoms with Crippen molar-refractivity contribution >= 4 is 5.91 Å².